The summed E-state index contributed by atoms with van der Waals surface area (Å²) in [6.45, 7) is 3.87. The molecule has 0 unspecified atom stereocenters. The number of nitrogens with zero attached hydrogens (tertiary/aromatic N) is 3. The molecule has 0 radical (unpaired) electrons. The van der Waals surface area contributed by atoms with Gasteiger partial charge in [0.2, 0.25) is 0 Å². The molecule has 0 aliphatic carbocycles. The van der Waals surface area contributed by atoms with Crippen LogP contribution in [0.1, 0.15) is 21.6 Å². The van der Waals surface area contributed by atoms with Crippen LogP contribution in [-0.2, 0) is 0 Å². The zero-order valence-corrected chi connectivity index (χ0v) is 12.5. The molecule has 3 rings (SSSR count). The van der Waals surface area contributed by atoms with Gasteiger partial charge in [-0.3, -0.25) is 4.79 Å². The van der Waals surface area contributed by atoms with Crippen molar-refractivity contribution in [1.82, 2.24) is 15.0 Å². The Morgan fingerprint density at radius 3 is 2.48 bits per heavy atom. The summed E-state index contributed by atoms with van der Waals surface area (Å²) in [5.74, 6) is -1.94. The summed E-state index contributed by atoms with van der Waals surface area (Å²) in [6.07, 6.45) is 0.545. The van der Waals surface area contributed by atoms with Gasteiger partial charge in [0.25, 0.3) is 0 Å². The fourth-order valence-electron chi connectivity index (χ4n) is 2.50. The number of rotatable bonds is 3. The Morgan fingerprint density at radius 1 is 1.04 bits per heavy atom. The van der Waals surface area contributed by atoms with Crippen LogP contribution in [0, 0.1) is 25.5 Å². The fraction of sp³-hybridized carbons (Fsp3) is 0.118. The molecule has 0 fully saturated rings. The number of hydrogen-bond acceptors (Lipinski definition) is 3. The van der Waals surface area contributed by atoms with Crippen LogP contribution in [0.2, 0.25) is 0 Å². The van der Waals surface area contributed by atoms with Crippen LogP contribution in [0.15, 0.2) is 36.4 Å². The van der Waals surface area contributed by atoms with E-state index in [0.717, 1.165) is 28.9 Å². The summed E-state index contributed by atoms with van der Waals surface area (Å²) >= 11 is 0. The minimum atomic E-state index is -0.993. The molecule has 0 N–H and O–H groups in total. The topological polar surface area (TPSA) is 47.8 Å². The van der Waals surface area contributed by atoms with Gasteiger partial charge in [-0.25, -0.2) is 13.5 Å². The normalized spacial score (nSPS) is 10.8. The minimum Gasteiger partial charge on any atom is -0.296 e. The molecule has 23 heavy (non-hydrogen) atoms. The van der Waals surface area contributed by atoms with Crippen molar-refractivity contribution in [2.24, 2.45) is 0 Å². The van der Waals surface area contributed by atoms with Crippen molar-refractivity contribution >= 4 is 6.29 Å². The number of hydrogen-bond donors (Lipinski definition) is 0. The van der Waals surface area contributed by atoms with Crippen LogP contribution in [0.4, 0.5) is 8.78 Å². The van der Waals surface area contributed by atoms with Gasteiger partial charge in [0.05, 0.1) is 5.69 Å². The Morgan fingerprint density at radius 2 is 1.83 bits per heavy atom. The van der Waals surface area contributed by atoms with Gasteiger partial charge in [0.1, 0.15) is 5.69 Å². The van der Waals surface area contributed by atoms with Gasteiger partial charge in [0, 0.05) is 5.56 Å². The Hall–Kier alpha value is -2.89. The smallest absolute Gasteiger partial charge is 0.172 e. The van der Waals surface area contributed by atoms with Gasteiger partial charge in [0.15, 0.2) is 23.6 Å². The molecule has 3 aromatic rings. The number of halogens is 2. The molecule has 0 aliphatic rings. The quantitative estimate of drug-likeness (QED) is 0.694. The van der Waals surface area contributed by atoms with E-state index in [1.807, 2.05) is 32.0 Å². The molecule has 116 valence electrons. The summed E-state index contributed by atoms with van der Waals surface area (Å²) in [5.41, 5.74) is 3.45. The molecule has 2 aromatic carbocycles. The van der Waals surface area contributed by atoms with E-state index in [1.165, 1.54) is 10.7 Å². The number of carbonyl (C=O) groups is 1. The van der Waals surface area contributed by atoms with E-state index >= 15 is 0 Å². The third-order valence-corrected chi connectivity index (χ3v) is 3.58. The number of benzene rings is 2. The lowest BCUT2D eigenvalue weighted by atomic mass is 10.1. The predicted octanol–water partition coefficient (Wildman–Crippen LogP) is 3.64. The maximum atomic E-state index is 13.6. The van der Waals surface area contributed by atoms with Gasteiger partial charge in [-0.1, -0.05) is 22.9 Å². The first-order valence-electron chi connectivity index (χ1n) is 6.95. The van der Waals surface area contributed by atoms with E-state index in [0.29, 0.717) is 17.5 Å². The number of aryl methyl sites for hydroxylation is 2. The van der Waals surface area contributed by atoms with Gasteiger partial charge in [-0.05, 0) is 43.7 Å². The van der Waals surface area contributed by atoms with Crippen LogP contribution in [0.3, 0.4) is 0 Å². The lowest BCUT2D eigenvalue weighted by Gasteiger charge is -2.10. The van der Waals surface area contributed by atoms with E-state index in [4.69, 9.17) is 0 Å². The number of aldehydes is 1. The Bertz CT molecular complexity index is 903. The first-order valence-corrected chi connectivity index (χ1v) is 6.95. The highest BCUT2D eigenvalue weighted by molar-refractivity contribution is 5.84. The summed E-state index contributed by atoms with van der Waals surface area (Å²) in [4.78, 5) is 11.3. The lowest BCUT2D eigenvalue weighted by Crippen LogP contribution is -2.03. The Kier molecular flexibility index (Phi) is 3.73. The molecule has 0 saturated carbocycles. The largest absolute Gasteiger partial charge is 0.296 e. The van der Waals surface area contributed by atoms with Gasteiger partial charge >= 0.3 is 0 Å². The second-order valence-electron chi connectivity index (χ2n) is 5.27. The molecule has 6 heteroatoms. The maximum absolute atomic E-state index is 13.6. The molecular weight excluding hydrogens is 300 g/mol. The summed E-state index contributed by atoms with van der Waals surface area (Å²) in [7, 11) is 0. The predicted molar refractivity (Wildman–Crippen MR) is 81.6 cm³/mol. The Labute approximate surface area is 131 Å². The molecule has 4 nitrogen and oxygen atoms in total. The van der Waals surface area contributed by atoms with Crippen LogP contribution in [0.5, 0.6) is 0 Å². The zero-order chi connectivity index (χ0) is 16.6. The van der Waals surface area contributed by atoms with Gasteiger partial charge < -0.3 is 0 Å². The lowest BCUT2D eigenvalue weighted by molar-refractivity contribution is 0.111. The van der Waals surface area contributed by atoms with E-state index in [2.05, 4.69) is 10.3 Å². The standard InChI is InChI=1S/C17H13F2N3O/c1-10-3-6-16(11(2)7-10)22-17(15(9-23)20-21-22)12-4-5-13(18)14(19)8-12/h3-9H,1-2H3. The summed E-state index contributed by atoms with van der Waals surface area (Å²) in [5, 5.41) is 7.83. The van der Waals surface area contributed by atoms with Crippen LogP contribution in [0.25, 0.3) is 16.9 Å². The first-order chi connectivity index (χ1) is 11.0. The van der Waals surface area contributed by atoms with Crippen molar-refractivity contribution in [2.45, 2.75) is 13.8 Å². The van der Waals surface area contributed by atoms with E-state index < -0.39 is 11.6 Å². The average Bonchev–Trinajstić information content (AvgIpc) is 2.93. The van der Waals surface area contributed by atoms with Crippen molar-refractivity contribution in [1.29, 1.82) is 0 Å². The summed E-state index contributed by atoms with van der Waals surface area (Å²) < 4.78 is 28.2. The van der Waals surface area contributed by atoms with Crippen molar-refractivity contribution in [3.05, 3.63) is 64.9 Å². The minimum absolute atomic E-state index is 0.0657. The van der Waals surface area contributed by atoms with Gasteiger partial charge in [-0.2, -0.15) is 0 Å². The molecule has 0 saturated heterocycles. The molecule has 0 aliphatic heterocycles. The third-order valence-electron chi connectivity index (χ3n) is 3.58. The van der Waals surface area contributed by atoms with Crippen molar-refractivity contribution < 1.29 is 13.6 Å². The third kappa shape index (κ3) is 2.63. The van der Waals surface area contributed by atoms with E-state index in [9.17, 15) is 13.6 Å². The highest BCUT2D eigenvalue weighted by Gasteiger charge is 2.18. The molecule has 0 atom stereocenters. The van der Waals surface area contributed by atoms with Gasteiger partial charge in [-0.15, -0.1) is 5.10 Å². The van der Waals surface area contributed by atoms with E-state index in [-0.39, 0.29) is 5.69 Å². The molecular formula is C17H13F2N3O. The van der Waals surface area contributed by atoms with Crippen LogP contribution < -0.4 is 0 Å². The van der Waals surface area contributed by atoms with Crippen LogP contribution >= 0.6 is 0 Å². The number of carbonyl (C=O) groups excluding carboxylic acids is 1. The first kappa shape index (κ1) is 15.0. The molecule has 0 spiro atoms. The van der Waals surface area contributed by atoms with Crippen molar-refractivity contribution in [2.75, 3.05) is 0 Å². The Balaban J connectivity index is 2.25. The second-order valence-corrected chi connectivity index (χ2v) is 5.27. The van der Waals surface area contributed by atoms with Crippen molar-refractivity contribution in [3.63, 3.8) is 0 Å². The monoisotopic (exact) mass is 313 g/mol. The highest BCUT2D eigenvalue weighted by atomic mass is 19.2. The highest BCUT2D eigenvalue weighted by Crippen LogP contribution is 2.27. The molecule has 1 heterocycles. The SMILES string of the molecule is Cc1ccc(-n2nnc(C=O)c2-c2ccc(F)c(F)c2)c(C)c1. The van der Waals surface area contributed by atoms with Crippen LogP contribution in [-0.4, -0.2) is 21.3 Å². The van der Waals surface area contributed by atoms with E-state index in [1.54, 1.807) is 0 Å². The zero-order valence-electron chi connectivity index (χ0n) is 12.5. The molecule has 1 aromatic heterocycles. The maximum Gasteiger partial charge on any atom is 0.172 e. The average molecular weight is 313 g/mol. The molecule has 0 bridgehead atoms. The fourth-order valence-corrected chi connectivity index (χ4v) is 2.50. The second kappa shape index (κ2) is 5.72. The number of aromatic nitrogens is 3. The van der Waals surface area contributed by atoms with Crippen molar-refractivity contribution in [3.8, 4) is 16.9 Å². The summed E-state index contributed by atoms with van der Waals surface area (Å²) in [6, 6.07) is 9.15. The molecule has 0 amide bonds.